The second-order valence-corrected chi connectivity index (χ2v) is 7.89. The molecule has 26 heavy (non-hydrogen) atoms. The number of benzene rings is 1. The quantitative estimate of drug-likeness (QED) is 0.815. The van der Waals surface area contributed by atoms with Gasteiger partial charge in [-0.1, -0.05) is 31.1 Å². The topological polar surface area (TPSA) is 58.1 Å². The van der Waals surface area contributed by atoms with E-state index in [1.807, 2.05) is 0 Å². The monoisotopic (exact) mass is 376 g/mol. The number of likely N-dealkylation sites (tertiary alicyclic amines) is 1. The largest absolute Gasteiger partial charge is 0.320 e. The lowest BCUT2D eigenvalue weighted by Crippen LogP contribution is -2.24. The average Bonchev–Trinajstić information content (AvgIpc) is 2.99. The van der Waals surface area contributed by atoms with Gasteiger partial charge >= 0.3 is 0 Å². The van der Waals surface area contributed by atoms with Crippen molar-refractivity contribution in [3.8, 4) is 0 Å². The van der Waals surface area contributed by atoms with Gasteiger partial charge in [-0.05, 0) is 62.5 Å². The molecule has 1 fully saturated rings. The van der Waals surface area contributed by atoms with Crippen molar-refractivity contribution >= 4 is 22.9 Å². The van der Waals surface area contributed by atoms with Crippen molar-refractivity contribution < 1.29 is 9.18 Å². The zero-order chi connectivity index (χ0) is 18.4. The lowest BCUT2D eigenvalue weighted by Gasteiger charge is -2.18. The molecule has 3 rings (SSSR count). The van der Waals surface area contributed by atoms with E-state index in [1.54, 1.807) is 0 Å². The molecule has 2 aromatic rings. The van der Waals surface area contributed by atoms with Gasteiger partial charge in [0.05, 0.1) is 6.54 Å². The highest BCUT2D eigenvalue weighted by atomic mass is 32.1. The van der Waals surface area contributed by atoms with E-state index in [0.717, 1.165) is 30.6 Å². The molecule has 1 atom stereocenters. The van der Waals surface area contributed by atoms with Crippen LogP contribution in [0.4, 0.5) is 10.1 Å². The molecule has 1 saturated heterocycles. The van der Waals surface area contributed by atoms with Crippen LogP contribution in [0, 0.1) is 11.7 Å². The van der Waals surface area contributed by atoms with Crippen molar-refractivity contribution in [2.45, 2.75) is 45.6 Å². The molecule has 0 saturated carbocycles. The van der Waals surface area contributed by atoms with Gasteiger partial charge < -0.3 is 5.32 Å². The molecule has 0 aliphatic carbocycles. The van der Waals surface area contributed by atoms with E-state index < -0.39 is 0 Å². The van der Waals surface area contributed by atoms with Crippen molar-refractivity contribution in [1.29, 1.82) is 0 Å². The number of carbonyl (C=O) groups is 1. The van der Waals surface area contributed by atoms with Gasteiger partial charge in [-0.2, -0.15) is 0 Å². The molecular weight excluding hydrogens is 351 g/mol. The first-order valence-electron chi connectivity index (χ1n) is 9.25. The smallest absolute Gasteiger partial charge is 0.286 e. The Morgan fingerprint density at radius 2 is 2.08 bits per heavy atom. The second-order valence-electron chi connectivity index (χ2n) is 6.82. The van der Waals surface area contributed by atoms with Crippen LogP contribution in [0.15, 0.2) is 24.3 Å². The van der Waals surface area contributed by atoms with Crippen LogP contribution in [-0.2, 0) is 6.54 Å². The number of nitrogens with zero attached hydrogens (tertiary/aromatic N) is 3. The Morgan fingerprint density at radius 1 is 1.27 bits per heavy atom. The number of carbonyl (C=O) groups excluding carboxylic acids is 1. The van der Waals surface area contributed by atoms with Crippen LogP contribution in [-0.4, -0.2) is 34.1 Å². The van der Waals surface area contributed by atoms with Crippen molar-refractivity contribution in [3.63, 3.8) is 0 Å². The lowest BCUT2D eigenvalue weighted by atomic mass is 9.96. The standard InChI is InChI=1S/C19H25FN4OS/c1-2-4-14-5-3-11-24(12-10-14)13-17-22-23-19(26-17)18(25)21-16-8-6-15(20)7-9-16/h6-9,14H,2-5,10-13H2,1H3,(H,21,25). The Hall–Kier alpha value is -1.86. The first-order chi connectivity index (χ1) is 12.6. The molecule has 1 aliphatic rings. The molecule has 1 unspecified atom stereocenters. The molecule has 1 aliphatic heterocycles. The fourth-order valence-electron chi connectivity index (χ4n) is 3.40. The minimum atomic E-state index is -0.333. The highest BCUT2D eigenvalue weighted by Gasteiger charge is 2.19. The molecule has 1 aromatic heterocycles. The lowest BCUT2D eigenvalue weighted by molar-refractivity contribution is 0.102. The summed E-state index contributed by atoms with van der Waals surface area (Å²) in [6, 6.07) is 5.68. The van der Waals surface area contributed by atoms with E-state index in [0.29, 0.717) is 10.7 Å². The number of amides is 1. The third-order valence-electron chi connectivity index (χ3n) is 4.76. The van der Waals surface area contributed by atoms with Crippen molar-refractivity contribution in [2.24, 2.45) is 5.92 Å². The molecule has 1 amide bonds. The van der Waals surface area contributed by atoms with Gasteiger partial charge in [-0.25, -0.2) is 4.39 Å². The normalized spacial score (nSPS) is 18.5. The average molecular weight is 377 g/mol. The number of halogens is 1. The second kappa shape index (κ2) is 9.19. The number of rotatable bonds is 6. The van der Waals surface area contributed by atoms with E-state index >= 15 is 0 Å². The van der Waals surface area contributed by atoms with Gasteiger partial charge in [0.2, 0.25) is 5.01 Å². The summed E-state index contributed by atoms with van der Waals surface area (Å²) in [4.78, 5) is 14.7. The van der Waals surface area contributed by atoms with E-state index in [2.05, 4.69) is 27.3 Å². The Bertz CT molecular complexity index is 719. The summed E-state index contributed by atoms with van der Waals surface area (Å²) in [5, 5.41) is 12.1. The van der Waals surface area contributed by atoms with Gasteiger partial charge in [-0.3, -0.25) is 9.69 Å². The van der Waals surface area contributed by atoms with Crippen LogP contribution >= 0.6 is 11.3 Å². The molecule has 0 spiro atoms. The van der Waals surface area contributed by atoms with Crippen LogP contribution in [0.1, 0.15) is 53.8 Å². The number of nitrogens with one attached hydrogen (secondary N) is 1. The predicted molar refractivity (Wildman–Crippen MR) is 102 cm³/mol. The Morgan fingerprint density at radius 3 is 2.85 bits per heavy atom. The molecule has 1 N–H and O–H groups in total. The summed E-state index contributed by atoms with van der Waals surface area (Å²) in [6.07, 6.45) is 6.35. The zero-order valence-corrected chi connectivity index (χ0v) is 15.9. The summed E-state index contributed by atoms with van der Waals surface area (Å²) in [6.45, 7) is 5.17. The van der Waals surface area contributed by atoms with Crippen LogP contribution in [0.5, 0.6) is 0 Å². The SMILES string of the molecule is CCCC1CCCN(Cc2nnc(C(=O)Nc3ccc(F)cc3)s2)CC1. The van der Waals surface area contributed by atoms with Gasteiger partial charge in [0.25, 0.3) is 5.91 Å². The van der Waals surface area contributed by atoms with Crippen LogP contribution in [0.2, 0.25) is 0 Å². The number of hydrogen-bond donors (Lipinski definition) is 1. The summed E-state index contributed by atoms with van der Waals surface area (Å²) in [5.41, 5.74) is 0.544. The fraction of sp³-hybridized carbons (Fsp3) is 0.526. The van der Waals surface area contributed by atoms with Crippen molar-refractivity contribution in [1.82, 2.24) is 15.1 Å². The molecule has 140 valence electrons. The molecular formula is C19H25FN4OS. The first-order valence-corrected chi connectivity index (χ1v) is 10.1. The zero-order valence-electron chi connectivity index (χ0n) is 15.1. The van der Waals surface area contributed by atoms with E-state index in [4.69, 9.17) is 0 Å². The van der Waals surface area contributed by atoms with E-state index in [1.165, 1.54) is 67.7 Å². The maximum absolute atomic E-state index is 12.9. The van der Waals surface area contributed by atoms with Crippen LogP contribution < -0.4 is 5.32 Å². The Labute approximate surface area is 157 Å². The minimum absolute atomic E-state index is 0.306. The highest BCUT2D eigenvalue weighted by Crippen LogP contribution is 2.23. The summed E-state index contributed by atoms with van der Waals surface area (Å²) in [7, 11) is 0. The molecule has 0 bridgehead atoms. The predicted octanol–water partition coefficient (Wildman–Crippen LogP) is 4.33. The van der Waals surface area contributed by atoms with E-state index in [-0.39, 0.29) is 11.7 Å². The summed E-state index contributed by atoms with van der Waals surface area (Å²) in [5.74, 6) is 0.204. The maximum atomic E-state index is 12.9. The first kappa shape index (κ1) is 18.9. The van der Waals surface area contributed by atoms with Gasteiger partial charge in [0.1, 0.15) is 10.8 Å². The van der Waals surface area contributed by atoms with Crippen LogP contribution in [0.25, 0.3) is 0 Å². The summed E-state index contributed by atoms with van der Waals surface area (Å²) < 4.78 is 12.9. The van der Waals surface area contributed by atoms with Gasteiger partial charge in [0.15, 0.2) is 0 Å². The highest BCUT2D eigenvalue weighted by molar-refractivity contribution is 7.13. The Kier molecular flexibility index (Phi) is 6.68. The van der Waals surface area contributed by atoms with Crippen molar-refractivity contribution in [3.05, 3.63) is 40.1 Å². The molecule has 5 nitrogen and oxygen atoms in total. The fourth-order valence-corrected chi connectivity index (χ4v) is 4.18. The molecule has 7 heteroatoms. The maximum Gasteiger partial charge on any atom is 0.286 e. The molecule has 1 aromatic carbocycles. The van der Waals surface area contributed by atoms with Crippen LogP contribution in [0.3, 0.4) is 0 Å². The van der Waals surface area contributed by atoms with Gasteiger partial charge in [-0.15, -0.1) is 10.2 Å². The van der Waals surface area contributed by atoms with Crippen molar-refractivity contribution in [2.75, 3.05) is 18.4 Å². The number of anilines is 1. The number of hydrogen-bond acceptors (Lipinski definition) is 5. The Balaban J connectivity index is 1.54. The van der Waals surface area contributed by atoms with E-state index in [9.17, 15) is 9.18 Å². The number of aromatic nitrogens is 2. The molecule has 0 radical (unpaired) electrons. The van der Waals surface area contributed by atoms with Gasteiger partial charge in [0, 0.05) is 5.69 Å². The third-order valence-corrected chi connectivity index (χ3v) is 5.67. The minimum Gasteiger partial charge on any atom is -0.320 e. The summed E-state index contributed by atoms with van der Waals surface area (Å²) >= 11 is 1.32. The molecule has 2 heterocycles. The third kappa shape index (κ3) is 5.32.